The van der Waals surface area contributed by atoms with Crippen LogP contribution in [-0.2, 0) is 14.4 Å². The van der Waals surface area contributed by atoms with Crippen LogP contribution in [0, 0.1) is 0 Å². The highest BCUT2D eigenvalue weighted by Gasteiger charge is 2.48. The van der Waals surface area contributed by atoms with Crippen LogP contribution in [0.3, 0.4) is 0 Å². The second kappa shape index (κ2) is 6.51. The highest BCUT2D eigenvalue weighted by molar-refractivity contribution is 5.90. The zero-order valence-electron chi connectivity index (χ0n) is 11.1. The third kappa shape index (κ3) is 3.23. The highest BCUT2D eigenvalue weighted by atomic mass is 16.4. The number of hydrogen-bond donors (Lipinski definition) is 3. The van der Waals surface area contributed by atoms with Gasteiger partial charge in [0.1, 0.15) is 5.54 Å². The molecule has 0 radical (unpaired) electrons. The maximum Gasteiger partial charge on any atom is 0.329 e. The molecule has 7 nitrogen and oxygen atoms in total. The van der Waals surface area contributed by atoms with Crippen molar-refractivity contribution >= 4 is 17.8 Å². The van der Waals surface area contributed by atoms with E-state index < -0.39 is 17.4 Å². The lowest BCUT2D eigenvalue weighted by Crippen LogP contribution is -2.55. The summed E-state index contributed by atoms with van der Waals surface area (Å²) in [5.41, 5.74) is 4.02. The summed E-state index contributed by atoms with van der Waals surface area (Å²) in [5, 5.41) is 11.8. The summed E-state index contributed by atoms with van der Waals surface area (Å²) in [6, 6.07) is 0. The smallest absolute Gasteiger partial charge is 0.329 e. The lowest BCUT2D eigenvalue weighted by atomic mass is 9.90. The summed E-state index contributed by atoms with van der Waals surface area (Å²) in [7, 11) is 0. The van der Waals surface area contributed by atoms with E-state index in [0.717, 1.165) is 0 Å². The number of carbonyl (C=O) groups is 3. The number of rotatable bonds is 6. The van der Waals surface area contributed by atoms with E-state index in [2.05, 4.69) is 5.32 Å². The second-order valence-corrected chi connectivity index (χ2v) is 4.72. The van der Waals surface area contributed by atoms with Gasteiger partial charge in [-0.3, -0.25) is 9.59 Å². The molecule has 1 rings (SSSR count). The number of likely N-dealkylation sites (tertiary alicyclic amines) is 1. The average Bonchev–Trinajstić information content (AvgIpc) is 2.81. The number of carboxylic acids is 1. The lowest BCUT2D eigenvalue weighted by molar-refractivity contribution is -0.156. The molecule has 2 amide bonds. The third-order valence-corrected chi connectivity index (χ3v) is 3.47. The zero-order chi connectivity index (χ0) is 14.5. The van der Waals surface area contributed by atoms with Crippen molar-refractivity contribution in [1.82, 2.24) is 10.2 Å². The van der Waals surface area contributed by atoms with Crippen LogP contribution in [0.2, 0.25) is 0 Å². The van der Waals surface area contributed by atoms with Gasteiger partial charge in [0.15, 0.2) is 0 Å². The summed E-state index contributed by atoms with van der Waals surface area (Å²) < 4.78 is 0. The van der Waals surface area contributed by atoms with E-state index in [-0.39, 0.29) is 19.0 Å². The van der Waals surface area contributed by atoms with Gasteiger partial charge >= 0.3 is 5.97 Å². The van der Waals surface area contributed by atoms with Crippen LogP contribution in [-0.4, -0.2) is 53.0 Å². The number of carbonyl (C=O) groups excluding carboxylic acids is 2. The van der Waals surface area contributed by atoms with Gasteiger partial charge in [-0.15, -0.1) is 0 Å². The van der Waals surface area contributed by atoms with Crippen LogP contribution < -0.4 is 11.1 Å². The molecule has 1 atom stereocenters. The molecule has 4 N–H and O–H groups in total. The topological polar surface area (TPSA) is 113 Å². The van der Waals surface area contributed by atoms with Crippen LogP contribution in [0.15, 0.2) is 0 Å². The molecule has 0 aliphatic carbocycles. The number of carboxylic acid groups (broad SMARTS) is 1. The molecule has 1 fully saturated rings. The first-order chi connectivity index (χ1) is 8.97. The molecule has 1 aliphatic rings. The molecular formula is C12H21N3O4. The van der Waals surface area contributed by atoms with Gasteiger partial charge in [-0.05, 0) is 19.3 Å². The summed E-state index contributed by atoms with van der Waals surface area (Å²) >= 11 is 0. The first-order valence-corrected chi connectivity index (χ1v) is 6.48. The Hall–Kier alpha value is -1.63. The molecule has 0 aromatic heterocycles. The number of hydrogen-bond acceptors (Lipinski definition) is 4. The van der Waals surface area contributed by atoms with Gasteiger partial charge in [0.25, 0.3) is 0 Å². The van der Waals surface area contributed by atoms with Crippen molar-refractivity contribution in [3.05, 3.63) is 0 Å². The first-order valence-electron chi connectivity index (χ1n) is 6.48. The average molecular weight is 271 g/mol. The Morgan fingerprint density at radius 2 is 2.11 bits per heavy atom. The minimum atomic E-state index is -1.11. The summed E-state index contributed by atoms with van der Waals surface area (Å²) in [5.74, 6) is -1.76. The Morgan fingerprint density at radius 1 is 1.42 bits per heavy atom. The SMILES string of the molecule is CCCC1(C(=O)O)CCCN1C(=O)CNC(=O)CN. The number of amides is 2. The summed E-state index contributed by atoms with van der Waals surface area (Å²) in [4.78, 5) is 36.0. The van der Waals surface area contributed by atoms with E-state index in [1.807, 2.05) is 6.92 Å². The molecule has 0 spiro atoms. The molecule has 0 aromatic rings. The number of nitrogens with one attached hydrogen (secondary N) is 1. The minimum absolute atomic E-state index is 0.188. The maximum absolute atomic E-state index is 12.1. The summed E-state index contributed by atoms with van der Waals surface area (Å²) in [6.45, 7) is 1.92. The van der Waals surface area contributed by atoms with Crippen molar-refractivity contribution in [2.75, 3.05) is 19.6 Å². The predicted octanol–water partition coefficient (Wildman–Crippen LogP) is -0.693. The molecule has 19 heavy (non-hydrogen) atoms. The van der Waals surface area contributed by atoms with E-state index >= 15 is 0 Å². The van der Waals surface area contributed by atoms with Gasteiger partial charge in [-0.1, -0.05) is 13.3 Å². The molecule has 1 heterocycles. The fourth-order valence-corrected chi connectivity index (χ4v) is 2.59. The molecule has 1 saturated heterocycles. The molecule has 0 aromatic carbocycles. The first kappa shape index (κ1) is 15.4. The Kier molecular flexibility index (Phi) is 5.29. The summed E-state index contributed by atoms with van der Waals surface area (Å²) in [6.07, 6.45) is 2.25. The lowest BCUT2D eigenvalue weighted by Gasteiger charge is -2.34. The standard InChI is InChI=1S/C12H21N3O4/c1-2-4-12(11(18)19)5-3-6-15(12)10(17)8-14-9(16)7-13/h2-8,13H2,1H3,(H,14,16)(H,18,19). The van der Waals surface area contributed by atoms with Crippen LogP contribution in [0.1, 0.15) is 32.6 Å². The monoisotopic (exact) mass is 271 g/mol. The van der Waals surface area contributed by atoms with Gasteiger partial charge < -0.3 is 21.1 Å². The predicted molar refractivity (Wildman–Crippen MR) is 68.3 cm³/mol. The van der Waals surface area contributed by atoms with Crippen molar-refractivity contribution in [3.63, 3.8) is 0 Å². The number of aliphatic carboxylic acids is 1. The molecule has 1 unspecified atom stereocenters. The van der Waals surface area contributed by atoms with Gasteiger partial charge in [0.05, 0.1) is 13.1 Å². The second-order valence-electron chi connectivity index (χ2n) is 4.72. The maximum atomic E-state index is 12.1. The Labute approximate surface area is 112 Å². The number of nitrogens with zero attached hydrogens (tertiary/aromatic N) is 1. The van der Waals surface area contributed by atoms with Crippen molar-refractivity contribution in [2.45, 2.75) is 38.1 Å². The highest BCUT2D eigenvalue weighted by Crippen LogP contribution is 2.33. The van der Waals surface area contributed by atoms with Gasteiger partial charge in [0, 0.05) is 6.54 Å². The quantitative estimate of drug-likeness (QED) is 0.591. The van der Waals surface area contributed by atoms with E-state index in [1.165, 1.54) is 4.90 Å². The fraction of sp³-hybridized carbons (Fsp3) is 0.750. The Bertz CT molecular complexity index is 372. The van der Waals surface area contributed by atoms with Crippen molar-refractivity contribution in [3.8, 4) is 0 Å². The van der Waals surface area contributed by atoms with E-state index in [4.69, 9.17) is 5.73 Å². The van der Waals surface area contributed by atoms with Gasteiger partial charge in [0.2, 0.25) is 11.8 Å². The minimum Gasteiger partial charge on any atom is -0.479 e. The van der Waals surface area contributed by atoms with E-state index in [0.29, 0.717) is 32.2 Å². The van der Waals surface area contributed by atoms with Crippen molar-refractivity contribution in [1.29, 1.82) is 0 Å². The molecule has 7 heteroatoms. The van der Waals surface area contributed by atoms with Crippen LogP contribution in [0.25, 0.3) is 0 Å². The molecular weight excluding hydrogens is 250 g/mol. The van der Waals surface area contributed by atoms with E-state index in [9.17, 15) is 19.5 Å². The van der Waals surface area contributed by atoms with Crippen molar-refractivity contribution in [2.24, 2.45) is 5.73 Å². The molecule has 0 saturated carbocycles. The van der Waals surface area contributed by atoms with Gasteiger partial charge in [-0.2, -0.15) is 0 Å². The normalized spacial score (nSPS) is 22.3. The zero-order valence-corrected chi connectivity index (χ0v) is 11.1. The molecule has 1 aliphatic heterocycles. The third-order valence-electron chi connectivity index (χ3n) is 3.47. The van der Waals surface area contributed by atoms with E-state index in [1.54, 1.807) is 0 Å². The van der Waals surface area contributed by atoms with Gasteiger partial charge in [-0.25, -0.2) is 4.79 Å². The molecule has 0 bridgehead atoms. The van der Waals surface area contributed by atoms with Crippen LogP contribution in [0.5, 0.6) is 0 Å². The van der Waals surface area contributed by atoms with Crippen LogP contribution >= 0.6 is 0 Å². The molecule has 108 valence electrons. The fourth-order valence-electron chi connectivity index (χ4n) is 2.59. The largest absolute Gasteiger partial charge is 0.479 e. The van der Waals surface area contributed by atoms with Crippen molar-refractivity contribution < 1.29 is 19.5 Å². The Balaban J connectivity index is 2.76. The number of nitrogens with two attached hydrogens (primary N) is 1. The van der Waals surface area contributed by atoms with Crippen LogP contribution in [0.4, 0.5) is 0 Å². The Morgan fingerprint density at radius 3 is 2.63 bits per heavy atom.